The van der Waals surface area contributed by atoms with Crippen molar-refractivity contribution >= 4 is 35.0 Å². The van der Waals surface area contributed by atoms with Crippen molar-refractivity contribution in [2.24, 2.45) is 0 Å². The molecule has 0 bridgehead atoms. The van der Waals surface area contributed by atoms with Crippen LogP contribution in [0.4, 0.5) is 10.5 Å². The molecule has 7 heteroatoms. The molecule has 0 aliphatic heterocycles. The van der Waals surface area contributed by atoms with Crippen LogP contribution >= 0.6 is 23.2 Å². The van der Waals surface area contributed by atoms with Gasteiger partial charge >= 0.3 is 6.09 Å². The lowest BCUT2D eigenvalue weighted by atomic mass is 10.2. The number of hydrogen-bond donors (Lipinski definition) is 1. The summed E-state index contributed by atoms with van der Waals surface area (Å²) in [7, 11) is 0. The molecule has 0 fully saturated rings. The molecule has 5 nitrogen and oxygen atoms in total. The first-order valence-corrected chi connectivity index (χ1v) is 6.06. The highest BCUT2D eigenvalue weighted by molar-refractivity contribution is 6.38. The van der Waals surface area contributed by atoms with Crippen molar-refractivity contribution < 1.29 is 9.53 Å². The number of rotatable bonds is 3. The number of anilines is 1. The molecule has 19 heavy (non-hydrogen) atoms. The average molecular weight is 298 g/mol. The Morgan fingerprint density at radius 1 is 1.16 bits per heavy atom. The number of ether oxygens (including phenoxy) is 1. The maximum Gasteiger partial charge on any atom is 0.412 e. The van der Waals surface area contributed by atoms with E-state index in [1.165, 1.54) is 6.33 Å². The molecular weight excluding hydrogens is 289 g/mol. The highest BCUT2D eigenvalue weighted by Gasteiger charge is 2.12. The van der Waals surface area contributed by atoms with Crippen LogP contribution in [0.3, 0.4) is 0 Å². The zero-order valence-electron chi connectivity index (χ0n) is 9.64. The number of carbonyl (C=O) groups is 1. The summed E-state index contributed by atoms with van der Waals surface area (Å²) in [6.07, 6.45) is 0.521. The molecule has 2 rings (SSSR count). The topological polar surface area (TPSA) is 64.1 Å². The van der Waals surface area contributed by atoms with E-state index in [1.807, 2.05) is 30.3 Å². The first-order chi connectivity index (χ1) is 9.16. The van der Waals surface area contributed by atoms with Crippen molar-refractivity contribution in [1.29, 1.82) is 0 Å². The summed E-state index contributed by atoms with van der Waals surface area (Å²) >= 11 is 11.6. The molecule has 1 aromatic carbocycles. The molecule has 0 unspecified atom stereocenters. The van der Waals surface area contributed by atoms with E-state index in [0.717, 1.165) is 5.56 Å². The van der Waals surface area contributed by atoms with Gasteiger partial charge in [-0.1, -0.05) is 53.5 Å². The lowest BCUT2D eigenvalue weighted by Gasteiger charge is -2.08. The van der Waals surface area contributed by atoms with Crippen molar-refractivity contribution in [1.82, 2.24) is 9.97 Å². The van der Waals surface area contributed by atoms with Crippen molar-refractivity contribution in [2.75, 3.05) is 5.32 Å². The van der Waals surface area contributed by atoms with Gasteiger partial charge in [-0.15, -0.1) is 0 Å². The first kappa shape index (κ1) is 13.6. The van der Waals surface area contributed by atoms with Gasteiger partial charge in [-0.05, 0) is 5.56 Å². The maximum absolute atomic E-state index is 11.6. The Labute approximate surface area is 119 Å². The van der Waals surface area contributed by atoms with Crippen molar-refractivity contribution in [3.05, 3.63) is 52.5 Å². The Morgan fingerprint density at radius 3 is 2.42 bits per heavy atom. The molecule has 1 N–H and O–H groups in total. The average Bonchev–Trinajstić information content (AvgIpc) is 2.42. The fourth-order valence-corrected chi connectivity index (χ4v) is 1.72. The highest BCUT2D eigenvalue weighted by Crippen LogP contribution is 2.25. The van der Waals surface area contributed by atoms with Gasteiger partial charge in [0.15, 0.2) is 10.3 Å². The van der Waals surface area contributed by atoms with Crippen molar-refractivity contribution in [3.63, 3.8) is 0 Å². The van der Waals surface area contributed by atoms with E-state index in [4.69, 9.17) is 27.9 Å². The summed E-state index contributed by atoms with van der Waals surface area (Å²) in [6, 6.07) is 9.28. The predicted octanol–water partition coefficient (Wildman–Crippen LogP) is 3.53. The number of nitrogens with one attached hydrogen (secondary N) is 1. The second kappa shape index (κ2) is 6.36. The monoisotopic (exact) mass is 297 g/mol. The molecule has 2 aromatic rings. The molecule has 0 saturated heterocycles. The Balaban J connectivity index is 1.95. The zero-order chi connectivity index (χ0) is 13.7. The molecule has 0 aliphatic rings. The molecule has 98 valence electrons. The molecule has 0 spiro atoms. The van der Waals surface area contributed by atoms with Crippen LogP contribution < -0.4 is 5.32 Å². The highest BCUT2D eigenvalue weighted by atomic mass is 35.5. The van der Waals surface area contributed by atoms with Crippen molar-refractivity contribution in [2.45, 2.75) is 6.61 Å². The number of benzene rings is 1. The summed E-state index contributed by atoms with van der Waals surface area (Å²) in [6.45, 7) is 0.148. The van der Waals surface area contributed by atoms with E-state index in [0.29, 0.717) is 0 Å². The van der Waals surface area contributed by atoms with E-state index in [2.05, 4.69) is 15.3 Å². The van der Waals surface area contributed by atoms with E-state index < -0.39 is 6.09 Å². The lowest BCUT2D eigenvalue weighted by molar-refractivity contribution is 0.155. The minimum absolute atomic E-state index is 0.0525. The zero-order valence-corrected chi connectivity index (χ0v) is 11.1. The van der Waals surface area contributed by atoms with Gasteiger partial charge in [0.2, 0.25) is 0 Å². The van der Waals surface area contributed by atoms with Crippen molar-refractivity contribution in [3.8, 4) is 0 Å². The van der Waals surface area contributed by atoms with Gasteiger partial charge in [-0.25, -0.2) is 14.8 Å². The van der Waals surface area contributed by atoms with Crippen LogP contribution in [0.1, 0.15) is 5.56 Å². The summed E-state index contributed by atoms with van der Waals surface area (Å²) in [5, 5.41) is 2.50. The lowest BCUT2D eigenvalue weighted by Crippen LogP contribution is -2.14. The predicted molar refractivity (Wildman–Crippen MR) is 72.3 cm³/mol. The summed E-state index contributed by atoms with van der Waals surface area (Å²) < 4.78 is 5.02. The second-order valence-electron chi connectivity index (χ2n) is 3.52. The van der Waals surface area contributed by atoms with E-state index in [-0.39, 0.29) is 22.6 Å². The fourth-order valence-electron chi connectivity index (χ4n) is 1.31. The first-order valence-electron chi connectivity index (χ1n) is 5.30. The summed E-state index contributed by atoms with van der Waals surface area (Å²) in [5.41, 5.74) is 1.00. The third-order valence-electron chi connectivity index (χ3n) is 2.19. The molecule has 1 aromatic heterocycles. The third-order valence-corrected chi connectivity index (χ3v) is 2.77. The Bertz CT molecular complexity index is 558. The molecule has 1 heterocycles. The smallest absolute Gasteiger partial charge is 0.412 e. The minimum Gasteiger partial charge on any atom is -0.444 e. The number of nitrogens with zero attached hydrogens (tertiary/aromatic N) is 2. The maximum atomic E-state index is 11.6. The Morgan fingerprint density at radius 2 is 1.79 bits per heavy atom. The number of aromatic nitrogens is 2. The van der Waals surface area contributed by atoms with Gasteiger partial charge in [-0.2, -0.15) is 0 Å². The fraction of sp³-hybridized carbons (Fsp3) is 0.0833. The van der Waals surface area contributed by atoms with Gasteiger partial charge in [0, 0.05) is 0 Å². The van der Waals surface area contributed by atoms with Crippen LogP contribution in [0.15, 0.2) is 36.7 Å². The molecule has 0 aliphatic carbocycles. The molecule has 0 radical (unpaired) electrons. The Kier molecular flexibility index (Phi) is 4.54. The van der Waals surface area contributed by atoms with Crippen LogP contribution in [-0.2, 0) is 11.3 Å². The van der Waals surface area contributed by atoms with Crippen LogP contribution in [0.25, 0.3) is 0 Å². The molecule has 0 atom stereocenters. The third kappa shape index (κ3) is 3.81. The minimum atomic E-state index is -0.678. The van der Waals surface area contributed by atoms with Gasteiger partial charge in [0.1, 0.15) is 18.6 Å². The van der Waals surface area contributed by atoms with Crippen LogP contribution in [-0.4, -0.2) is 16.1 Å². The van der Waals surface area contributed by atoms with E-state index >= 15 is 0 Å². The summed E-state index contributed by atoms with van der Waals surface area (Å²) in [4.78, 5) is 19.0. The Hall–Kier alpha value is -1.85. The summed E-state index contributed by atoms with van der Waals surface area (Å²) in [5.74, 6) is 0. The number of hydrogen-bond acceptors (Lipinski definition) is 4. The normalized spacial score (nSPS) is 10.0. The molecule has 0 saturated carbocycles. The van der Waals surface area contributed by atoms with Crippen LogP contribution in [0.5, 0.6) is 0 Å². The second-order valence-corrected chi connectivity index (χ2v) is 4.23. The largest absolute Gasteiger partial charge is 0.444 e. The number of carbonyl (C=O) groups excluding carboxylic acids is 1. The van der Waals surface area contributed by atoms with Gasteiger partial charge in [0.05, 0.1) is 0 Å². The van der Waals surface area contributed by atoms with E-state index in [1.54, 1.807) is 0 Å². The quantitative estimate of drug-likeness (QED) is 0.880. The number of halogens is 2. The molecule has 1 amide bonds. The standard InChI is InChI=1S/C12H9Cl2N3O2/c13-10-9(11(14)16-7-15-10)17-12(18)19-6-8-4-2-1-3-5-8/h1-5,7H,6H2,(H,17,18). The van der Waals surface area contributed by atoms with Gasteiger partial charge in [0.25, 0.3) is 0 Å². The van der Waals surface area contributed by atoms with Crippen LogP contribution in [0.2, 0.25) is 10.3 Å². The SMILES string of the molecule is O=C(Nc1c(Cl)ncnc1Cl)OCc1ccccc1. The van der Waals surface area contributed by atoms with Gasteiger partial charge in [-0.3, -0.25) is 5.32 Å². The van der Waals surface area contributed by atoms with Gasteiger partial charge < -0.3 is 4.74 Å². The van der Waals surface area contributed by atoms with Crippen LogP contribution in [0, 0.1) is 0 Å². The number of amides is 1. The molecular formula is C12H9Cl2N3O2. The van der Waals surface area contributed by atoms with E-state index in [9.17, 15) is 4.79 Å².